The maximum Gasteiger partial charge on any atom is 0.193 e. The smallest absolute Gasteiger partial charge is 0.193 e. The molecule has 2 heterocycles. The molecule has 2 aliphatic rings. The van der Waals surface area contributed by atoms with Crippen LogP contribution >= 0.6 is 0 Å². The molecule has 3 rings (SSSR count). The van der Waals surface area contributed by atoms with Gasteiger partial charge in [0.15, 0.2) is 17.5 Å². The average molecular weight is 332 g/mol. The highest BCUT2D eigenvalue weighted by Gasteiger charge is 2.14. The Morgan fingerprint density at radius 3 is 2.75 bits per heavy atom. The van der Waals surface area contributed by atoms with Gasteiger partial charge in [-0.15, -0.1) is 0 Å². The lowest BCUT2D eigenvalue weighted by Crippen LogP contribution is -2.28. The number of anilines is 1. The molecule has 132 valence electrons. The van der Waals surface area contributed by atoms with Crippen molar-refractivity contribution in [3.8, 4) is 11.5 Å². The monoisotopic (exact) mass is 332 g/mol. The van der Waals surface area contributed by atoms with Gasteiger partial charge in [-0.05, 0) is 44.0 Å². The molecule has 1 unspecified atom stereocenters. The first kappa shape index (κ1) is 16.9. The summed E-state index contributed by atoms with van der Waals surface area (Å²) < 4.78 is 11.3. The summed E-state index contributed by atoms with van der Waals surface area (Å²) in [5, 5.41) is 3.14. The van der Waals surface area contributed by atoms with Gasteiger partial charge in [0, 0.05) is 31.3 Å². The predicted octanol–water partition coefficient (Wildman–Crippen LogP) is 2.31. The fourth-order valence-electron chi connectivity index (χ4n) is 3.15. The molecule has 3 N–H and O–H groups in total. The van der Waals surface area contributed by atoms with Crippen LogP contribution in [0.2, 0.25) is 0 Å². The molecule has 0 amide bonds. The number of nitrogens with one attached hydrogen (secondary N) is 1. The standard InChI is InChI=1S/C18H28N4O2/c1-14(13-22-7-2-3-8-22)12-20-18(19)21-15-5-6-16-17(11-15)24-10-4-9-23-16/h5-6,11,14H,2-4,7-10,12-13H2,1H3,(H3,19,20,21). The molecule has 6 nitrogen and oxygen atoms in total. The van der Waals surface area contributed by atoms with E-state index in [1.54, 1.807) is 0 Å². The van der Waals surface area contributed by atoms with Crippen molar-refractivity contribution < 1.29 is 9.47 Å². The van der Waals surface area contributed by atoms with Crippen molar-refractivity contribution in [1.29, 1.82) is 0 Å². The highest BCUT2D eigenvalue weighted by molar-refractivity contribution is 5.92. The number of rotatable bonds is 5. The van der Waals surface area contributed by atoms with E-state index in [4.69, 9.17) is 15.2 Å². The van der Waals surface area contributed by atoms with E-state index >= 15 is 0 Å². The number of likely N-dealkylation sites (tertiary alicyclic amines) is 1. The number of nitrogens with zero attached hydrogens (tertiary/aromatic N) is 2. The summed E-state index contributed by atoms with van der Waals surface area (Å²) in [6, 6.07) is 5.76. The number of benzene rings is 1. The lowest BCUT2D eigenvalue weighted by Gasteiger charge is -2.19. The van der Waals surface area contributed by atoms with E-state index in [2.05, 4.69) is 22.1 Å². The SMILES string of the molecule is CC(CN=C(N)Nc1ccc2c(c1)OCCCO2)CN1CCCC1. The predicted molar refractivity (Wildman–Crippen MR) is 97.0 cm³/mol. The Hall–Kier alpha value is -1.95. The third-order valence-corrected chi connectivity index (χ3v) is 4.36. The number of hydrogen-bond acceptors (Lipinski definition) is 4. The van der Waals surface area contributed by atoms with Crippen molar-refractivity contribution in [2.75, 3.05) is 44.7 Å². The highest BCUT2D eigenvalue weighted by Crippen LogP contribution is 2.32. The molecular weight excluding hydrogens is 304 g/mol. The molecule has 0 aliphatic carbocycles. The molecule has 1 atom stereocenters. The summed E-state index contributed by atoms with van der Waals surface area (Å²) in [4.78, 5) is 6.98. The fourth-order valence-corrected chi connectivity index (χ4v) is 3.15. The van der Waals surface area contributed by atoms with Gasteiger partial charge in [0.2, 0.25) is 0 Å². The minimum absolute atomic E-state index is 0.442. The average Bonchev–Trinajstić information content (AvgIpc) is 2.96. The Labute approximate surface area is 144 Å². The van der Waals surface area contributed by atoms with E-state index in [0.717, 1.165) is 36.7 Å². The minimum Gasteiger partial charge on any atom is -0.490 e. The van der Waals surface area contributed by atoms with Crippen LogP contribution in [0.3, 0.4) is 0 Å². The molecule has 1 fully saturated rings. The first-order chi connectivity index (χ1) is 11.7. The highest BCUT2D eigenvalue weighted by atomic mass is 16.5. The van der Waals surface area contributed by atoms with Crippen LogP contribution in [0.5, 0.6) is 11.5 Å². The third kappa shape index (κ3) is 4.77. The molecule has 6 heteroatoms. The van der Waals surface area contributed by atoms with Gasteiger partial charge in [-0.25, -0.2) is 0 Å². The van der Waals surface area contributed by atoms with Gasteiger partial charge in [-0.1, -0.05) is 6.92 Å². The van der Waals surface area contributed by atoms with E-state index in [0.29, 0.717) is 25.1 Å². The summed E-state index contributed by atoms with van der Waals surface area (Å²) in [5.41, 5.74) is 6.89. The molecule has 1 saturated heterocycles. The Bertz CT molecular complexity index is 570. The second-order valence-corrected chi connectivity index (χ2v) is 6.68. The van der Waals surface area contributed by atoms with Crippen LogP contribution in [0.4, 0.5) is 5.69 Å². The van der Waals surface area contributed by atoms with Gasteiger partial charge < -0.3 is 25.4 Å². The van der Waals surface area contributed by atoms with E-state index < -0.39 is 0 Å². The lowest BCUT2D eigenvalue weighted by atomic mass is 10.2. The number of ether oxygens (including phenoxy) is 2. The van der Waals surface area contributed by atoms with Crippen LogP contribution in [0.1, 0.15) is 26.2 Å². The summed E-state index contributed by atoms with van der Waals surface area (Å²) in [6.45, 7) is 7.87. The molecule has 1 aromatic rings. The zero-order valence-corrected chi connectivity index (χ0v) is 14.5. The van der Waals surface area contributed by atoms with Gasteiger partial charge >= 0.3 is 0 Å². The Balaban J connectivity index is 1.51. The molecule has 24 heavy (non-hydrogen) atoms. The van der Waals surface area contributed by atoms with Crippen molar-refractivity contribution >= 4 is 11.6 Å². The largest absolute Gasteiger partial charge is 0.490 e. The summed E-state index contributed by atoms with van der Waals surface area (Å²) in [5.74, 6) is 2.49. The van der Waals surface area contributed by atoms with Crippen LogP contribution in [0, 0.1) is 5.92 Å². The van der Waals surface area contributed by atoms with Crippen molar-refractivity contribution in [1.82, 2.24) is 4.90 Å². The number of guanidine groups is 1. The molecular formula is C18H28N4O2. The summed E-state index contributed by atoms with van der Waals surface area (Å²) >= 11 is 0. The zero-order chi connectivity index (χ0) is 16.8. The number of hydrogen-bond donors (Lipinski definition) is 2. The molecule has 0 aromatic heterocycles. The second kappa shape index (κ2) is 8.24. The maximum atomic E-state index is 6.02. The van der Waals surface area contributed by atoms with Gasteiger partial charge in [0.05, 0.1) is 13.2 Å². The van der Waals surface area contributed by atoms with Crippen molar-refractivity contribution in [3.63, 3.8) is 0 Å². The van der Waals surface area contributed by atoms with Gasteiger partial charge in [-0.3, -0.25) is 4.99 Å². The lowest BCUT2D eigenvalue weighted by molar-refractivity contribution is 0.292. The first-order valence-corrected chi connectivity index (χ1v) is 8.89. The molecule has 0 bridgehead atoms. The quantitative estimate of drug-likeness (QED) is 0.639. The van der Waals surface area contributed by atoms with Gasteiger partial charge in [0.1, 0.15) is 0 Å². The van der Waals surface area contributed by atoms with Crippen molar-refractivity contribution in [2.45, 2.75) is 26.2 Å². The molecule has 0 spiro atoms. The minimum atomic E-state index is 0.442. The maximum absolute atomic E-state index is 6.02. The second-order valence-electron chi connectivity index (χ2n) is 6.68. The number of aliphatic imine (C=N–C) groups is 1. The first-order valence-electron chi connectivity index (χ1n) is 8.89. The van der Waals surface area contributed by atoms with E-state index in [9.17, 15) is 0 Å². The zero-order valence-electron chi connectivity index (χ0n) is 14.5. The van der Waals surface area contributed by atoms with Crippen LogP contribution in [0.15, 0.2) is 23.2 Å². The number of nitrogens with two attached hydrogens (primary N) is 1. The van der Waals surface area contributed by atoms with Gasteiger partial charge in [0.25, 0.3) is 0 Å². The molecule has 0 saturated carbocycles. The summed E-state index contributed by atoms with van der Waals surface area (Å²) in [7, 11) is 0. The van der Waals surface area contributed by atoms with Gasteiger partial charge in [-0.2, -0.15) is 0 Å². The van der Waals surface area contributed by atoms with Crippen LogP contribution in [-0.4, -0.2) is 50.3 Å². The van der Waals surface area contributed by atoms with E-state index in [1.807, 2.05) is 18.2 Å². The third-order valence-electron chi connectivity index (χ3n) is 4.36. The molecule has 2 aliphatic heterocycles. The van der Waals surface area contributed by atoms with Crippen molar-refractivity contribution in [2.24, 2.45) is 16.6 Å². The topological polar surface area (TPSA) is 72.1 Å². The Kier molecular flexibility index (Phi) is 5.80. The van der Waals surface area contributed by atoms with Crippen LogP contribution in [-0.2, 0) is 0 Å². The Morgan fingerprint density at radius 2 is 1.96 bits per heavy atom. The van der Waals surface area contributed by atoms with Crippen molar-refractivity contribution in [3.05, 3.63) is 18.2 Å². The van der Waals surface area contributed by atoms with E-state index in [1.165, 1.54) is 25.9 Å². The van der Waals surface area contributed by atoms with Crippen LogP contribution in [0.25, 0.3) is 0 Å². The Morgan fingerprint density at radius 1 is 1.21 bits per heavy atom. The van der Waals surface area contributed by atoms with E-state index in [-0.39, 0.29) is 0 Å². The fraction of sp³-hybridized carbons (Fsp3) is 0.611. The van der Waals surface area contributed by atoms with Crippen LogP contribution < -0.4 is 20.5 Å². The molecule has 1 aromatic carbocycles. The number of fused-ring (bicyclic) bond motifs is 1. The summed E-state index contributed by atoms with van der Waals surface area (Å²) in [6.07, 6.45) is 3.55. The normalized spacial score (nSPS) is 19.8. The molecule has 0 radical (unpaired) electrons.